The summed E-state index contributed by atoms with van der Waals surface area (Å²) >= 11 is 0. The summed E-state index contributed by atoms with van der Waals surface area (Å²) in [5.41, 5.74) is 5.86. The van der Waals surface area contributed by atoms with Crippen LogP contribution in [0.25, 0.3) is 0 Å². The second kappa shape index (κ2) is 5.21. The van der Waals surface area contributed by atoms with Crippen molar-refractivity contribution in [1.82, 2.24) is 9.29 Å². The third-order valence-corrected chi connectivity index (χ3v) is 4.64. The fraction of sp³-hybridized carbons (Fsp3) is 0.545. The zero-order chi connectivity index (χ0) is 13.2. The molecule has 7 heteroatoms. The van der Waals surface area contributed by atoms with Crippen LogP contribution in [-0.2, 0) is 14.8 Å². The highest BCUT2D eigenvalue weighted by Crippen LogP contribution is 2.21. The highest BCUT2D eigenvalue weighted by molar-refractivity contribution is 7.89. The van der Waals surface area contributed by atoms with Gasteiger partial charge in [0.25, 0.3) is 10.0 Å². The number of nitrogens with two attached hydrogens (primary N) is 1. The third-order valence-electron chi connectivity index (χ3n) is 2.80. The summed E-state index contributed by atoms with van der Waals surface area (Å²) in [6.07, 6.45) is 1.99. The standard InChI is InChI=1S/C11H17N3O3S/c1-9-8-14(6-3-7-17-9)18(15,16)11-10(12)4-2-5-13-11/h2,4-5,9H,3,6-8,12H2,1H3. The minimum absolute atomic E-state index is 0.0703. The van der Waals surface area contributed by atoms with Gasteiger partial charge in [0.15, 0.2) is 5.03 Å². The van der Waals surface area contributed by atoms with Gasteiger partial charge in [-0.3, -0.25) is 0 Å². The first-order valence-electron chi connectivity index (χ1n) is 5.84. The number of pyridine rings is 1. The van der Waals surface area contributed by atoms with Crippen LogP contribution in [0.3, 0.4) is 0 Å². The maximum atomic E-state index is 12.4. The molecule has 1 unspecified atom stereocenters. The van der Waals surface area contributed by atoms with Crippen molar-refractivity contribution in [3.63, 3.8) is 0 Å². The quantitative estimate of drug-likeness (QED) is 0.844. The molecule has 1 saturated heterocycles. The zero-order valence-electron chi connectivity index (χ0n) is 10.2. The van der Waals surface area contributed by atoms with Crippen LogP contribution in [0, 0.1) is 0 Å². The van der Waals surface area contributed by atoms with Crippen LogP contribution >= 0.6 is 0 Å². The van der Waals surface area contributed by atoms with E-state index >= 15 is 0 Å². The van der Waals surface area contributed by atoms with Gasteiger partial charge in [-0.25, -0.2) is 13.4 Å². The maximum absolute atomic E-state index is 12.4. The fourth-order valence-electron chi connectivity index (χ4n) is 1.92. The summed E-state index contributed by atoms with van der Waals surface area (Å²) in [7, 11) is -3.63. The maximum Gasteiger partial charge on any atom is 0.262 e. The molecule has 2 N–H and O–H groups in total. The molecule has 0 bridgehead atoms. The van der Waals surface area contributed by atoms with Gasteiger partial charge in [0.2, 0.25) is 0 Å². The van der Waals surface area contributed by atoms with Crippen LogP contribution in [0.2, 0.25) is 0 Å². The Bertz CT molecular complexity index is 518. The van der Waals surface area contributed by atoms with Gasteiger partial charge < -0.3 is 10.5 Å². The summed E-state index contributed by atoms with van der Waals surface area (Å²) in [4.78, 5) is 3.89. The lowest BCUT2D eigenvalue weighted by Crippen LogP contribution is -2.36. The van der Waals surface area contributed by atoms with E-state index in [9.17, 15) is 8.42 Å². The topological polar surface area (TPSA) is 85.5 Å². The van der Waals surface area contributed by atoms with Gasteiger partial charge in [0.05, 0.1) is 11.8 Å². The van der Waals surface area contributed by atoms with E-state index in [2.05, 4.69) is 4.98 Å². The molecule has 1 aromatic heterocycles. The van der Waals surface area contributed by atoms with E-state index in [1.807, 2.05) is 6.92 Å². The van der Waals surface area contributed by atoms with Crippen molar-refractivity contribution in [1.29, 1.82) is 0 Å². The van der Waals surface area contributed by atoms with Gasteiger partial charge in [-0.2, -0.15) is 4.31 Å². The Morgan fingerprint density at radius 1 is 1.56 bits per heavy atom. The van der Waals surface area contributed by atoms with Crippen LogP contribution in [0.4, 0.5) is 5.69 Å². The van der Waals surface area contributed by atoms with Gasteiger partial charge in [0, 0.05) is 25.9 Å². The molecule has 18 heavy (non-hydrogen) atoms. The van der Waals surface area contributed by atoms with Crippen molar-refractivity contribution >= 4 is 15.7 Å². The van der Waals surface area contributed by atoms with Crippen molar-refractivity contribution in [2.24, 2.45) is 0 Å². The first-order chi connectivity index (χ1) is 8.51. The Morgan fingerprint density at radius 2 is 2.33 bits per heavy atom. The van der Waals surface area contributed by atoms with Gasteiger partial charge in [-0.05, 0) is 25.5 Å². The van der Waals surface area contributed by atoms with Gasteiger partial charge in [0.1, 0.15) is 0 Å². The first kappa shape index (κ1) is 13.3. The van der Waals surface area contributed by atoms with Crippen molar-refractivity contribution in [2.45, 2.75) is 24.5 Å². The molecule has 0 saturated carbocycles. The van der Waals surface area contributed by atoms with Gasteiger partial charge >= 0.3 is 0 Å². The molecule has 1 aliphatic rings. The summed E-state index contributed by atoms with van der Waals surface area (Å²) in [5.74, 6) is 0. The minimum Gasteiger partial charge on any atom is -0.396 e. The molecule has 2 heterocycles. The molecule has 100 valence electrons. The molecule has 2 rings (SSSR count). The van der Waals surface area contributed by atoms with E-state index in [4.69, 9.17) is 10.5 Å². The summed E-state index contributed by atoms with van der Waals surface area (Å²) < 4.78 is 31.7. The normalized spacial score (nSPS) is 22.6. The average molecular weight is 271 g/mol. The number of rotatable bonds is 2. The van der Waals surface area contributed by atoms with Crippen LogP contribution in [0.5, 0.6) is 0 Å². The molecule has 1 aromatic rings. The number of nitrogens with zero attached hydrogens (tertiary/aromatic N) is 2. The van der Waals surface area contributed by atoms with Crippen molar-refractivity contribution < 1.29 is 13.2 Å². The predicted molar refractivity (Wildman–Crippen MR) is 67.4 cm³/mol. The fourth-order valence-corrected chi connectivity index (χ4v) is 3.50. The molecule has 1 fully saturated rings. The SMILES string of the molecule is CC1CN(S(=O)(=O)c2ncccc2N)CCCO1. The Kier molecular flexibility index (Phi) is 3.84. The number of hydrogen-bond donors (Lipinski definition) is 1. The molecule has 0 aromatic carbocycles. The number of ether oxygens (including phenoxy) is 1. The summed E-state index contributed by atoms with van der Waals surface area (Å²) in [6.45, 7) is 3.20. The Balaban J connectivity index is 2.33. The molecule has 0 amide bonds. The Labute approximate surface area is 107 Å². The van der Waals surface area contributed by atoms with Crippen LogP contribution in [0.1, 0.15) is 13.3 Å². The van der Waals surface area contributed by atoms with Crippen LogP contribution in [0.15, 0.2) is 23.4 Å². The summed E-state index contributed by atoms with van der Waals surface area (Å²) in [6, 6.07) is 3.15. The second-order valence-corrected chi connectivity index (χ2v) is 6.15. The number of aromatic nitrogens is 1. The smallest absolute Gasteiger partial charge is 0.262 e. The molecule has 0 radical (unpaired) electrons. The van der Waals surface area contributed by atoms with Crippen molar-refractivity contribution in [3.05, 3.63) is 18.3 Å². The van der Waals surface area contributed by atoms with Crippen molar-refractivity contribution in [2.75, 3.05) is 25.4 Å². The average Bonchev–Trinajstić information content (AvgIpc) is 2.54. The molecule has 1 atom stereocenters. The van der Waals surface area contributed by atoms with E-state index in [0.29, 0.717) is 26.1 Å². The van der Waals surface area contributed by atoms with Crippen LogP contribution < -0.4 is 5.73 Å². The molecule has 6 nitrogen and oxygen atoms in total. The monoisotopic (exact) mass is 271 g/mol. The Hall–Kier alpha value is -1.18. The highest BCUT2D eigenvalue weighted by atomic mass is 32.2. The van der Waals surface area contributed by atoms with E-state index in [0.717, 1.165) is 0 Å². The van der Waals surface area contributed by atoms with Gasteiger partial charge in [-0.15, -0.1) is 0 Å². The third kappa shape index (κ3) is 2.63. The van der Waals surface area contributed by atoms with Crippen LogP contribution in [-0.4, -0.2) is 43.5 Å². The first-order valence-corrected chi connectivity index (χ1v) is 7.28. The second-order valence-electron chi connectivity index (χ2n) is 4.30. The summed E-state index contributed by atoms with van der Waals surface area (Å²) in [5, 5.41) is -0.0703. The lowest BCUT2D eigenvalue weighted by atomic mass is 10.4. The number of sulfonamides is 1. The highest BCUT2D eigenvalue weighted by Gasteiger charge is 2.30. The number of anilines is 1. The number of hydrogen-bond acceptors (Lipinski definition) is 5. The lowest BCUT2D eigenvalue weighted by Gasteiger charge is -2.21. The number of nitrogen functional groups attached to an aromatic ring is 1. The van der Waals surface area contributed by atoms with E-state index in [1.165, 1.54) is 16.6 Å². The predicted octanol–water partition coefficient (Wildman–Crippen LogP) is 0.463. The van der Waals surface area contributed by atoms with Gasteiger partial charge in [-0.1, -0.05) is 0 Å². The lowest BCUT2D eigenvalue weighted by molar-refractivity contribution is 0.0752. The molecular weight excluding hydrogens is 254 g/mol. The molecule has 0 spiro atoms. The largest absolute Gasteiger partial charge is 0.396 e. The van der Waals surface area contributed by atoms with E-state index in [1.54, 1.807) is 6.07 Å². The molecule has 0 aliphatic carbocycles. The Morgan fingerprint density at radius 3 is 3.06 bits per heavy atom. The van der Waals surface area contributed by atoms with E-state index in [-0.39, 0.29) is 16.8 Å². The van der Waals surface area contributed by atoms with Crippen molar-refractivity contribution in [3.8, 4) is 0 Å². The molecular formula is C11H17N3O3S. The minimum atomic E-state index is -3.63. The van der Waals surface area contributed by atoms with E-state index < -0.39 is 10.0 Å². The zero-order valence-corrected chi connectivity index (χ0v) is 11.1. The molecule has 1 aliphatic heterocycles.